The molecule has 0 atom stereocenters. The molecule has 3 rings (SSSR count). The first-order chi connectivity index (χ1) is 15.3. The summed E-state index contributed by atoms with van der Waals surface area (Å²) in [5.74, 6) is 0.260. The zero-order valence-corrected chi connectivity index (χ0v) is 19.3. The summed E-state index contributed by atoms with van der Waals surface area (Å²) in [5.41, 5.74) is 5.95. The number of nitrogens with zero attached hydrogens (tertiary/aromatic N) is 3. The number of hydrogen-bond acceptors (Lipinski definition) is 4. The molecule has 168 valence electrons. The number of urea groups is 1. The number of halogens is 1. The van der Waals surface area contributed by atoms with Crippen LogP contribution < -0.4 is 16.1 Å². The van der Waals surface area contributed by atoms with Crippen LogP contribution >= 0.6 is 11.6 Å². The number of carbonyl (C=O) groups is 2. The maximum Gasteiger partial charge on any atom is 0.319 e. The largest absolute Gasteiger partial charge is 0.338 e. The van der Waals surface area contributed by atoms with Gasteiger partial charge in [0.1, 0.15) is 5.82 Å². The van der Waals surface area contributed by atoms with Crippen LogP contribution in [0.5, 0.6) is 0 Å². The van der Waals surface area contributed by atoms with Gasteiger partial charge in [-0.25, -0.2) is 14.8 Å². The molecule has 0 saturated heterocycles. The molecule has 8 nitrogen and oxygen atoms in total. The fourth-order valence-corrected chi connectivity index (χ4v) is 3.41. The Morgan fingerprint density at radius 1 is 1.09 bits per heavy atom. The highest BCUT2D eigenvalue weighted by molar-refractivity contribution is 6.33. The molecule has 0 aliphatic rings. The average Bonchev–Trinajstić information content (AvgIpc) is 3.11. The van der Waals surface area contributed by atoms with Crippen LogP contribution in [0.4, 0.5) is 10.5 Å². The van der Waals surface area contributed by atoms with E-state index in [1.165, 1.54) is 0 Å². The van der Waals surface area contributed by atoms with Crippen molar-refractivity contribution < 1.29 is 9.59 Å². The number of benzene rings is 2. The third-order valence-electron chi connectivity index (χ3n) is 4.92. The third-order valence-corrected chi connectivity index (χ3v) is 5.25. The van der Waals surface area contributed by atoms with Gasteiger partial charge in [-0.2, -0.15) is 0 Å². The molecule has 0 fully saturated rings. The van der Waals surface area contributed by atoms with E-state index in [0.29, 0.717) is 46.6 Å². The van der Waals surface area contributed by atoms with Gasteiger partial charge in [-0.15, -0.1) is 0 Å². The maximum absolute atomic E-state index is 12.9. The van der Waals surface area contributed by atoms with Crippen LogP contribution in [0.2, 0.25) is 5.02 Å². The second-order valence-electron chi connectivity index (χ2n) is 7.17. The first kappa shape index (κ1) is 23.3. The van der Waals surface area contributed by atoms with E-state index in [4.69, 9.17) is 11.6 Å². The van der Waals surface area contributed by atoms with Crippen molar-refractivity contribution in [2.45, 2.75) is 20.8 Å². The lowest BCUT2D eigenvalue weighted by Gasteiger charge is -2.15. The van der Waals surface area contributed by atoms with Crippen molar-refractivity contribution in [3.8, 4) is 17.1 Å². The minimum absolute atomic E-state index is 0.269. The van der Waals surface area contributed by atoms with Crippen molar-refractivity contribution in [3.63, 3.8) is 0 Å². The zero-order valence-electron chi connectivity index (χ0n) is 18.6. The van der Waals surface area contributed by atoms with E-state index in [2.05, 4.69) is 21.0 Å². The van der Waals surface area contributed by atoms with E-state index in [-0.39, 0.29) is 11.9 Å². The molecular weight excluding hydrogens is 428 g/mol. The lowest BCUT2D eigenvalue weighted by Crippen LogP contribution is -2.39. The molecule has 2 aromatic carbocycles. The lowest BCUT2D eigenvalue weighted by molar-refractivity contribution is 0.0829. The van der Waals surface area contributed by atoms with Crippen LogP contribution in [-0.4, -0.2) is 46.6 Å². The van der Waals surface area contributed by atoms with E-state index in [9.17, 15) is 9.59 Å². The molecule has 9 heteroatoms. The summed E-state index contributed by atoms with van der Waals surface area (Å²) < 4.78 is 1.89. The first-order valence-electron chi connectivity index (χ1n) is 10.4. The van der Waals surface area contributed by atoms with Gasteiger partial charge in [-0.3, -0.25) is 14.8 Å². The molecule has 0 aliphatic heterocycles. The Hall–Kier alpha value is -3.36. The molecule has 3 amide bonds. The van der Waals surface area contributed by atoms with Crippen LogP contribution in [-0.2, 0) is 0 Å². The standard InChI is InChI=1S/C23H27ClN6O2/c1-5-25-23(32)26-16-11-13-17(14-12-16)30-15(3)20(22(31)28-29(4)6-2)27-21(30)18-9-7-8-10-19(18)24/h7-14H,5-6H2,1-4H3,(H,28,31)(H2,25,26,32). The van der Waals surface area contributed by atoms with Crippen molar-refractivity contribution in [2.75, 3.05) is 25.5 Å². The molecular formula is C23H27ClN6O2. The monoisotopic (exact) mass is 454 g/mol. The lowest BCUT2D eigenvalue weighted by atomic mass is 10.2. The number of carbonyl (C=O) groups excluding carboxylic acids is 2. The summed E-state index contributed by atoms with van der Waals surface area (Å²) in [6, 6.07) is 14.4. The second kappa shape index (κ2) is 10.3. The third kappa shape index (κ3) is 5.09. The van der Waals surface area contributed by atoms with Gasteiger partial charge in [-0.05, 0) is 50.2 Å². The fraction of sp³-hybridized carbons (Fsp3) is 0.261. The summed E-state index contributed by atoms with van der Waals surface area (Å²) in [4.78, 5) is 29.3. The molecule has 3 aromatic rings. The number of hydrazine groups is 1. The maximum atomic E-state index is 12.9. The van der Waals surface area contributed by atoms with Crippen LogP contribution in [0, 0.1) is 6.92 Å². The summed E-state index contributed by atoms with van der Waals surface area (Å²) >= 11 is 6.46. The number of nitrogens with one attached hydrogen (secondary N) is 3. The van der Waals surface area contributed by atoms with Gasteiger partial charge in [-0.1, -0.05) is 30.7 Å². The van der Waals surface area contributed by atoms with Crippen molar-refractivity contribution in [1.29, 1.82) is 0 Å². The highest BCUT2D eigenvalue weighted by Gasteiger charge is 2.23. The van der Waals surface area contributed by atoms with Gasteiger partial charge in [0.25, 0.3) is 5.91 Å². The predicted molar refractivity (Wildman–Crippen MR) is 127 cm³/mol. The minimum atomic E-state index is -0.298. The number of rotatable bonds is 7. The number of hydrogen-bond donors (Lipinski definition) is 3. The van der Waals surface area contributed by atoms with Gasteiger partial charge in [0.2, 0.25) is 0 Å². The van der Waals surface area contributed by atoms with Crippen molar-refractivity contribution >= 4 is 29.2 Å². The average molecular weight is 455 g/mol. The van der Waals surface area contributed by atoms with Gasteiger partial charge < -0.3 is 10.6 Å². The fourth-order valence-electron chi connectivity index (χ4n) is 3.19. The molecule has 32 heavy (non-hydrogen) atoms. The molecule has 0 radical (unpaired) electrons. The molecule has 1 aromatic heterocycles. The summed E-state index contributed by atoms with van der Waals surface area (Å²) in [6.45, 7) is 6.83. The van der Waals surface area contributed by atoms with E-state index < -0.39 is 0 Å². The topological polar surface area (TPSA) is 91.3 Å². The Kier molecular flexibility index (Phi) is 7.50. The molecule has 0 spiro atoms. The van der Waals surface area contributed by atoms with E-state index in [1.807, 2.05) is 55.7 Å². The van der Waals surface area contributed by atoms with Crippen molar-refractivity contribution in [3.05, 3.63) is 64.9 Å². The number of anilines is 1. The Balaban J connectivity index is 2.06. The van der Waals surface area contributed by atoms with Gasteiger partial charge >= 0.3 is 6.03 Å². The van der Waals surface area contributed by atoms with E-state index in [1.54, 1.807) is 30.3 Å². The highest BCUT2D eigenvalue weighted by Crippen LogP contribution is 2.31. The van der Waals surface area contributed by atoms with E-state index in [0.717, 1.165) is 5.69 Å². The molecule has 1 heterocycles. The number of amides is 3. The summed E-state index contributed by atoms with van der Waals surface area (Å²) in [7, 11) is 1.79. The Labute approximate surface area is 192 Å². The zero-order chi connectivity index (χ0) is 23.3. The van der Waals surface area contributed by atoms with Crippen molar-refractivity contribution in [2.24, 2.45) is 0 Å². The molecule has 0 bridgehead atoms. The Morgan fingerprint density at radius 2 is 1.78 bits per heavy atom. The van der Waals surface area contributed by atoms with E-state index >= 15 is 0 Å². The Bertz CT molecular complexity index is 1110. The van der Waals surface area contributed by atoms with Crippen LogP contribution in [0.25, 0.3) is 17.1 Å². The summed E-state index contributed by atoms with van der Waals surface area (Å²) in [5, 5.41) is 7.70. The van der Waals surface area contributed by atoms with Gasteiger partial charge in [0, 0.05) is 37.1 Å². The molecule has 0 aliphatic carbocycles. The summed E-state index contributed by atoms with van der Waals surface area (Å²) in [6.07, 6.45) is 0. The smallest absolute Gasteiger partial charge is 0.319 e. The van der Waals surface area contributed by atoms with Crippen molar-refractivity contribution in [1.82, 2.24) is 25.3 Å². The second-order valence-corrected chi connectivity index (χ2v) is 7.58. The number of imidazole rings is 1. The SMILES string of the molecule is CCNC(=O)Nc1ccc(-n2c(-c3ccccc3Cl)nc(C(=O)NN(C)CC)c2C)cc1. The van der Waals surface area contributed by atoms with Crippen LogP contribution in [0.15, 0.2) is 48.5 Å². The normalized spacial score (nSPS) is 10.8. The van der Waals surface area contributed by atoms with Crippen LogP contribution in [0.1, 0.15) is 30.0 Å². The van der Waals surface area contributed by atoms with Gasteiger partial charge in [0.15, 0.2) is 5.69 Å². The number of aromatic nitrogens is 2. The quantitative estimate of drug-likeness (QED) is 0.466. The first-order valence-corrected chi connectivity index (χ1v) is 10.7. The highest BCUT2D eigenvalue weighted by atomic mass is 35.5. The van der Waals surface area contributed by atoms with Gasteiger partial charge in [0.05, 0.1) is 10.7 Å². The predicted octanol–water partition coefficient (Wildman–Crippen LogP) is 4.24. The molecule has 0 saturated carbocycles. The molecule has 3 N–H and O–H groups in total. The minimum Gasteiger partial charge on any atom is -0.338 e. The van der Waals surface area contributed by atoms with Crippen LogP contribution in [0.3, 0.4) is 0 Å². The molecule has 0 unspecified atom stereocenters. The Morgan fingerprint density at radius 3 is 2.41 bits per heavy atom.